The molecular formula is C19H26ClF3N4O. The van der Waals surface area contributed by atoms with Crippen molar-refractivity contribution < 1.29 is 18.0 Å². The number of aryl methyl sites for hydroxylation is 2. The average Bonchev–Trinajstić information content (AvgIpc) is 2.95. The van der Waals surface area contributed by atoms with Crippen molar-refractivity contribution in [3.8, 4) is 5.69 Å². The lowest BCUT2D eigenvalue weighted by Gasteiger charge is -2.19. The summed E-state index contributed by atoms with van der Waals surface area (Å²) in [7, 11) is 0. The van der Waals surface area contributed by atoms with Gasteiger partial charge in [-0.05, 0) is 43.5 Å². The van der Waals surface area contributed by atoms with Crippen molar-refractivity contribution in [1.82, 2.24) is 15.1 Å². The highest BCUT2D eigenvalue weighted by Crippen LogP contribution is 2.33. The van der Waals surface area contributed by atoms with Gasteiger partial charge in [-0.3, -0.25) is 4.79 Å². The highest BCUT2D eigenvalue weighted by atomic mass is 35.5. The normalized spacial score (nSPS) is 13.6. The molecule has 2 aromatic rings. The number of carbonyl (C=O) groups is 1. The number of halogens is 4. The highest BCUT2D eigenvalue weighted by molar-refractivity contribution is 5.85. The zero-order valence-corrected chi connectivity index (χ0v) is 17.1. The van der Waals surface area contributed by atoms with Crippen molar-refractivity contribution in [3.05, 3.63) is 46.8 Å². The molecule has 0 aliphatic rings. The molecule has 0 saturated heterocycles. The molecule has 0 aliphatic carbocycles. The number of hydrogen-bond donors (Lipinski definition) is 2. The van der Waals surface area contributed by atoms with Gasteiger partial charge >= 0.3 is 6.18 Å². The Morgan fingerprint density at radius 3 is 2.43 bits per heavy atom. The van der Waals surface area contributed by atoms with E-state index >= 15 is 0 Å². The molecule has 2 unspecified atom stereocenters. The van der Waals surface area contributed by atoms with Gasteiger partial charge in [0.1, 0.15) is 0 Å². The molecule has 1 aromatic carbocycles. The Labute approximate surface area is 168 Å². The minimum atomic E-state index is -4.55. The van der Waals surface area contributed by atoms with Crippen molar-refractivity contribution >= 4 is 18.3 Å². The van der Waals surface area contributed by atoms with E-state index in [1.807, 2.05) is 13.8 Å². The van der Waals surface area contributed by atoms with Gasteiger partial charge in [0.2, 0.25) is 5.91 Å². The summed E-state index contributed by atoms with van der Waals surface area (Å²) < 4.78 is 42.1. The van der Waals surface area contributed by atoms with Crippen LogP contribution in [0.2, 0.25) is 0 Å². The first-order valence-corrected chi connectivity index (χ1v) is 8.81. The van der Waals surface area contributed by atoms with Crippen molar-refractivity contribution in [2.75, 3.05) is 0 Å². The van der Waals surface area contributed by atoms with Gasteiger partial charge in [-0.25, -0.2) is 4.68 Å². The van der Waals surface area contributed by atoms with E-state index < -0.39 is 23.7 Å². The van der Waals surface area contributed by atoms with Crippen LogP contribution >= 0.6 is 12.4 Å². The average molecular weight is 419 g/mol. The zero-order chi connectivity index (χ0) is 20.4. The molecule has 0 aliphatic heterocycles. The third kappa shape index (κ3) is 5.48. The third-order valence-electron chi connectivity index (χ3n) is 4.67. The van der Waals surface area contributed by atoms with Crippen LogP contribution in [0.25, 0.3) is 5.69 Å². The number of carbonyl (C=O) groups excluding carboxylic acids is 1. The van der Waals surface area contributed by atoms with Gasteiger partial charge in [0.05, 0.1) is 23.0 Å². The summed E-state index contributed by atoms with van der Waals surface area (Å²) in [6, 6.07) is 5.01. The second-order valence-corrected chi connectivity index (χ2v) is 6.81. The van der Waals surface area contributed by atoms with Crippen LogP contribution in [0.4, 0.5) is 13.2 Å². The van der Waals surface area contributed by atoms with Gasteiger partial charge in [0.15, 0.2) is 0 Å². The number of nitrogens with two attached hydrogens (primary N) is 1. The van der Waals surface area contributed by atoms with Crippen molar-refractivity contribution in [3.63, 3.8) is 0 Å². The first-order chi connectivity index (χ1) is 12.5. The molecule has 1 amide bonds. The Hall–Kier alpha value is -2.06. The van der Waals surface area contributed by atoms with E-state index in [0.717, 1.165) is 17.5 Å². The van der Waals surface area contributed by atoms with Gasteiger partial charge in [0, 0.05) is 12.2 Å². The fraction of sp³-hybridized carbons (Fsp3) is 0.474. The van der Waals surface area contributed by atoms with Crippen molar-refractivity contribution in [1.29, 1.82) is 0 Å². The summed E-state index contributed by atoms with van der Waals surface area (Å²) in [5.41, 5.74) is 6.79. The minimum Gasteiger partial charge on any atom is -0.351 e. The molecule has 156 valence electrons. The number of nitrogens with zero attached hydrogens (tertiary/aromatic N) is 2. The summed E-state index contributed by atoms with van der Waals surface area (Å²) in [4.78, 5) is 12.1. The van der Waals surface area contributed by atoms with Crippen LogP contribution in [0.1, 0.15) is 42.8 Å². The minimum absolute atomic E-state index is 0. The summed E-state index contributed by atoms with van der Waals surface area (Å²) in [5.74, 6) is -0.513. The van der Waals surface area contributed by atoms with Gasteiger partial charge in [-0.2, -0.15) is 18.3 Å². The number of nitrogens with one attached hydrogen (secondary N) is 1. The molecule has 28 heavy (non-hydrogen) atoms. The molecule has 5 nitrogen and oxygen atoms in total. The van der Waals surface area contributed by atoms with Crippen LogP contribution in [0.3, 0.4) is 0 Å². The van der Waals surface area contributed by atoms with Crippen LogP contribution in [0, 0.1) is 19.8 Å². The third-order valence-corrected chi connectivity index (χ3v) is 4.67. The monoisotopic (exact) mass is 418 g/mol. The molecule has 9 heteroatoms. The molecule has 1 heterocycles. The molecule has 0 bridgehead atoms. The Morgan fingerprint density at radius 1 is 1.29 bits per heavy atom. The van der Waals surface area contributed by atoms with Crippen LogP contribution in [-0.2, 0) is 17.5 Å². The molecule has 2 atom stereocenters. The number of alkyl halides is 3. The Kier molecular flexibility index (Phi) is 8.07. The SMILES string of the molecule is CCC(C)C(N)C(=O)NCc1ccc(-n2nc(C)cc2C)cc1C(F)(F)F.Cl. The van der Waals surface area contributed by atoms with E-state index in [1.165, 1.54) is 10.7 Å². The fourth-order valence-corrected chi connectivity index (χ4v) is 2.82. The standard InChI is InChI=1S/C19H25F3N4O.ClH/c1-5-11(2)17(23)18(27)24-10-14-6-7-15(9-16(14)19(20,21)22)26-13(4)8-12(3)25-26;/h6-9,11,17H,5,10,23H2,1-4H3,(H,24,27);1H. The molecule has 1 aromatic heterocycles. The maximum atomic E-state index is 13.5. The fourth-order valence-electron chi connectivity index (χ4n) is 2.82. The smallest absolute Gasteiger partial charge is 0.351 e. The predicted molar refractivity (Wildman–Crippen MR) is 105 cm³/mol. The molecule has 0 spiro atoms. The number of amides is 1. The van der Waals surface area contributed by atoms with Gasteiger partial charge in [-0.1, -0.05) is 26.3 Å². The number of benzene rings is 1. The van der Waals surface area contributed by atoms with E-state index in [1.54, 1.807) is 26.0 Å². The van der Waals surface area contributed by atoms with E-state index in [9.17, 15) is 18.0 Å². The van der Waals surface area contributed by atoms with Crippen LogP contribution < -0.4 is 11.1 Å². The predicted octanol–water partition coefficient (Wildman–Crippen LogP) is 3.92. The molecule has 0 fully saturated rings. The van der Waals surface area contributed by atoms with Crippen molar-refractivity contribution in [2.24, 2.45) is 11.7 Å². The molecule has 3 N–H and O–H groups in total. The highest BCUT2D eigenvalue weighted by Gasteiger charge is 2.34. The topological polar surface area (TPSA) is 72.9 Å². The van der Waals surface area contributed by atoms with E-state index in [4.69, 9.17) is 5.73 Å². The second-order valence-electron chi connectivity index (χ2n) is 6.81. The number of aromatic nitrogens is 2. The van der Waals surface area contributed by atoms with Crippen LogP contribution in [0.5, 0.6) is 0 Å². The quantitative estimate of drug-likeness (QED) is 0.746. The van der Waals surface area contributed by atoms with Gasteiger partial charge < -0.3 is 11.1 Å². The first kappa shape index (κ1) is 24.0. The lowest BCUT2D eigenvalue weighted by Crippen LogP contribution is -2.44. The van der Waals surface area contributed by atoms with Crippen LogP contribution in [0.15, 0.2) is 24.3 Å². The Bertz CT molecular complexity index is 820. The van der Waals surface area contributed by atoms with Crippen LogP contribution in [-0.4, -0.2) is 21.7 Å². The molecular weight excluding hydrogens is 393 g/mol. The van der Waals surface area contributed by atoms with Gasteiger partial charge in [-0.15, -0.1) is 12.4 Å². The summed E-state index contributed by atoms with van der Waals surface area (Å²) in [5, 5.41) is 6.74. The summed E-state index contributed by atoms with van der Waals surface area (Å²) in [6.07, 6.45) is -3.84. The molecule has 2 rings (SSSR count). The Balaban J connectivity index is 0.00000392. The number of rotatable bonds is 6. The first-order valence-electron chi connectivity index (χ1n) is 8.81. The maximum Gasteiger partial charge on any atom is 0.416 e. The second kappa shape index (κ2) is 9.43. The van der Waals surface area contributed by atoms with Crippen molar-refractivity contribution in [2.45, 2.75) is 52.9 Å². The summed E-state index contributed by atoms with van der Waals surface area (Å²) in [6.45, 7) is 7.04. The maximum absolute atomic E-state index is 13.5. The molecule has 0 radical (unpaired) electrons. The molecule has 0 saturated carbocycles. The number of hydrogen-bond acceptors (Lipinski definition) is 3. The van der Waals surface area contributed by atoms with E-state index in [-0.39, 0.29) is 30.4 Å². The lowest BCUT2D eigenvalue weighted by atomic mass is 9.99. The summed E-state index contributed by atoms with van der Waals surface area (Å²) >= 11 is 0. The van der Waals surface area contributed by atoms with E-state index in [2.05, 4.69) is 10.4 Å². The Morgan fingerprint density at radius 2 is 1.93 bits per heavy atom. The zero-order valence-electron chi connectivity index (χ0n) is 16.3. The van der Waals surface area contributed by atoms with E-state index in [0.29, 0.717) is 12.1 Å². The van der Waals surface area contributed by atoms with Gasteiger partial charge in [0.25, 0.3) is 0 Å². The lowest BCUT2D eigenvalue weighted by molar-refractivity contribution is -0.138. The largest absolute Gasteiger partial charge is 0.416 e.